The van der Waals surface area contributed by atoms with E-state index in [0.717, 1.165) is 0 Å². The maximum atomic E-state index is 11.6. The van der Waals surface area contributed by atoms with E-state index >= 15 is 0 Å². The minimum absolute atomic E-state index is 0.301. The number of esters is 2. The summed E-state index contributed by atoms with van der Waals surface area (Å²) in [5, 5.41) is 0. The van der Waals surface area contributed by atoms with Gasteiger partial charge in [-0.25, -0.2) is 0 Å². The molecule has 0 saturated carbocycles. The van der Waals surface area contributed by atoms with Crippen molar-refractivity contribution in [2.75, 3.05) is 6.79 Å². The molecule has 0 amide bonds. The second-order valence-corrected chi connectivity index (χ2v) is 5.46. The van der Waals surface area contributed by atoms with Gasteiger partial charge in [-0.3, -0.25) is 9.59 Å². The highest BCUT2D eigenvalue weighted by molar-refractivity contribution is 5.77. The summed E-state index contributed by atoms with van der Waals surface area (Å²) in [5.41, 5.74) is -1.07. The second-order valence-electron chi connectivity index (χ2n) is 5.46. The van der Waals surface area contributed by atoms with Gasteiger partial charge >= 0.3 is 11.9 Å². The molecule has 0 aliphatic rings. The molecule has 0 spiro atoms. The maximum Gasteiger partial charge on any atom is 0.314 e. The van der Waals surface area contributed by atoms with Crippen LogP contribution in [0.2, 0.25) is 0 Å². The van der Waals surface area contributed by atoms with E-state index in [4.69, 9.17) is 9.47 Å². The zero-order chi connectivity index (χ0) is 13.7. The van der Waals surface area contributed by atoms with Gasteiger partial charge in [0.25, 0.3) is 0 Å². The highest BCUT2D eigenvalue weighted by Crippen LogP contribution is 2.23. The average molecular weight is 244 g/mol. The topological polar surface area (TPSA) is 52.6 Å². The zero-order valence-corrected chi connectivity index (χ0v) is 11.8. The van der Waals surface area contributed by atoms with Crippen LogP contribution < -0.4 is 0 Å². The summed E-state index contributed by atoms with van der Waals surface area (Å²) in [7, 11) is 0. The normalized spacial score (nSPS) is 12.1. The molecule has 0 N–H and O–H groups in total. The standard InChI is InChI=1S/C13H24O4/c1-7-12(3,4)10(14)16-9-17-11(15)13(5,6)8-2/h7-9H2,1-6H3. The molecular formula is C13H24O4. The van der Waals surface area contributed by atoms with E-state index in [-0.39, 0.29) is 18.7 Å². The summed E-state index contributed by atoms with van der Waals surface area (Å²) in [6.07, 6.45) is 1.36. The molecule has 0 aliphatic heterocycles. The van der Waals surface area contributed by atoms with Crippen LogP contribution in [0.3, 0.4) is 0 Å². The van der Waals surface area contributed by atoms with Crippen molar-refractivity contribution in [3.8, 4) is 0 Å². The third kappa shape index (κ3) is 4.75. The molecule has 0 fully saturated rings. The fourth-order valence-electron chi connectivity index (χ4n) is 0.816. The first-order valence-electron chi connectivity index (χ1n) is 6.02. The largest absolute Gasteiger partial charge is 0.427 e. The van der Waals surface area contributed by atoms with Crippen LogP contribution in [0.4, 0.5) is 0 Å². The van der Waals surface area contributed by atoms with Gasteiger partial charge in [-0.1, -0.05) is 13.8 Å². The number of rotatable bonds is 6. The predicted molar refractivity (Wildman–Crippen MR) is 65.2 cm³/mol. The molecule has 0 rings (SSSR count). The molecule has 0 atom stereocenters. The first-order valence-corrected chi connectivity index (χ1v) is 6.02. The van der Waals surface area contributed by atoms with Gasteiger partial charge in [0.1, 0.15) is 0 Å². The first-order chi connectivity index (χ1) is 7.67. The van der Waals surface area contributed by atoms with Gasteiger partial charge in [0.15, 0.2) is 0 Å². The Bertz CT molecular complexity index is 251. The van der Waals surface area contributed by atoms with Crippen LogP contribution in [0.15, 0.2) is 0 Å². The van der Waals surface area contributed by atoms with E-state index in [1.807, 2.05) is 13.8 Å². The van der Waals surface area contributed by atoms with E-state index in [1.54, 1.807) is 27.7 Å². The number of carbonyl (C=O) groups is 2. The highest BCUT2D eigenvalue weighted by Gasteiger charge is 2.29. The van der Waals surface area contributed by atoms with Crippen molar-refractivity contribution in [3.05, 3.63) is 0 Å². The van der Waals surface area contributed by atoms with Crippen LogP contribution in [-0.4, -0.2) is 18.7 Å². The van der Waals surface area contributed by atoms with Crippen molar-refractivity contribution in [1.29, 1.82) is 0 Å². The molecule has 100 valence electrons. The third-order valence-electron chi connectivity index (χ3n) is 3.25. The lowest BCUT2D eigenvalue weighted by Crippen LogP contribution is -2.30. The van der Waals surface area contributed by atoms with Crippen molar-refractivity contribution in [1.82, 2.24) is 0 Å². The van der Waals surface area contributed by atoms with Gasteiger partial charge in [0.2, 0.25) is 6.79 Å². The number of hydrogen-bond donors (Lipinski definition) is 0. The average Bonchev–Trinajstić information content (AvgIpc) is 2.28. The van der Waals surface area contributed by atoms with Crippen molar-refractivity contribution in [2.24, 2.45) is 10.8 Å². The molecule has 0 unspecified atom stereocenters. The fourth-order valence-corrected chi connectivity index (χ4v) is 0.816. The molecule has 0 saturated heterocycles. The van der Waals surface area contributed by atoms with Crippen molar-refractivity contribution < 1.29 is 19.1 Å². The number of carbonyl (C=O) groups excluding carboxylic acids is 2. The number of ether oxygens (including phenoxy) is 2. The lowest BCUT2D eigenvalue weighted by molar-refractivity contribution is -0.179. The maximum absolute atomic E-state index is 11.6. The minimum Gasteiger partial charge on any atom is -0.427 e. The third-order valence-corrected chi connectivity index (χ3v) is 3.25. The molecule has 0 aliphatic carbocycles. The Labute approximate surface area is 104 Å². The summed E-state index contributed by atoms with van der Waals surface area (Å²) < 4.78 is 9.85. The SMILES string of the molecule is CCC(C)(C)C(=O)OCOC(=O)C(C)(C)CC. The van der Waals surface area contributed by atoms with Gasteiger partial charge in [-0.05, 0) is 40.5 Å². The molecule has 0 aromatic carbocycles. The molecule has 4 heteroatoms. The zero-order valence-electron chi connectivity index (χ0n) is 11.8. The van der Waals surface area contributed by atoms with Crippen molar-refractivity contribution in [3.63, 3.8) is 0 Å². The molecular weight excluding hydrogens is 220 g/mol. The van der Waals surface area contributed by atoms with Crippen LogP contribution in [-0.2, 0) is 19.1 Å². The van der Waals surface area contributed by atoms with Gasteiger partial charge in [-0.2, -0.15) is 0 Å². The Morgan fingerprint density at radius 1 is 0.824 bits per heavy atom. The Hall–Kier alpha value is -1.06. The Kier molecular flexibility index (Phi) is 5.66. The van der Waals surface area contributed by atoms with Gasteiger partial charge in [-0.15, -0.1) is 0 Å². The van der Waals surface area contributed by atoms with Crippen LogP contribution in [0.5, 0.6) is 0 Å². The lowest BCUT2D eigenvalue weighted by atomic mass is 9.91. The van der Waals surface area contributed by atoms with Gasteiger partial charge in [0.05, 0.1) is 10.8 Å². The van der Waals surface area contributed by atoms with Crippen LogP contribution in [0.1, 0.15) is 54.4 Å². The van der Waals surface area contributed by atoms with Gasteiger partial charge in [0, 0.05) is 0 Å². The Morgan fingerprint density at radius 3 is 1.35 bits per heavy atom. The van der Waals surface area contributed by atoms with Crippen molar-refractivity contribution >= 4 is 11.9 Å². The van der Waals surface area contributed by atoms with E-state index in [1.165, 1.54) is 0 Å². The summed E-state index contributed by atoms with van der Waals surface area (Å²) in [6.45, 7) is 10.7. The molecule has 4 nitrogen and oxygen atoms in total. The molecule has 0 aromatic heterocycles. The quantitative estimate of drug-likeness (QED) is 0.532. The van der Waals surface area contributed by atoms with Crippen molar-refractivity contribution in [2.45, 2.75) is 54.4 Å². The van der Waals surface area contributed by atoms with E-state index in [2.05, 4.69) is 0 Å². The van der Waals surface area contributed by atoms with Crippen LogP contribution >= 0.6 is 0 Å². The number of hydrogen-bond acceptors (Lipinski definition) is 4. The second kappa shape index (κ2) is 6.03. The van der Waals surface area contributed by atoms with E-state index < -0.39 is 10.8 Å². The molecule has 0 radical (unpaired) electrons. The van der Waals surface area contributed by atoms with Gasteiger partial charge < -0.3 is 9.47 Å². The summed E-state index contributed by atoms with van der Waals surface area (Å²) in [6, 6.07) is 0. The first kappa shape index (κ1) is 15.9. The minimum atomic E-state index is -0.535. The molecule has 17 heavy (non-hydrogen) atoms. The fraction of sp³-hybridized carbons (Fsp3) is 0.846. The Balaban J connectivity index is 4.10. The molecule has 0 aromatic rings. The molecule has 0 heterocycles. The predicted octanol–water partition coefficient (Wildman–Crippen LogP) is 2.90. The van der Waals surface area contributed by atoms with Crippen LogP contribution in [0.25, 0.3) is 0 Å². The summed E-state index contributed by atoms with van der Waals surface area (Å²) in [5.74, 6) is -0.691. The van der Waals surface area contributed by atoms with E-state index in [0.29, 0.717) is 12.8 Å². The lowest BCUT2D eigenvalue weighted by Gasteiger charge is -2.22. The molecule has 0 bridgehead atoms. The Morgan fingerprint density at radius 2 is 1.12 bits per heavy atom. The monoisotopic (exact) mass is 244 g/mol. The smallest absolute Gasteiger partial charge is 0.314 e. The summed E-state index contributed by atoms with van der Waals surface area (Å²) >= 11 is 0. The summed E-state index contributed by atoms with van der Waals surface area (Å²) in [4.78, 5) is 23.2. The van der Waals surface area contributed by atoms with Crippen LogP contribution in [0, 0.1) is 10.8 Å². The van der Waals surface area contributed by atoms with E-state index in [9.17, 15) is 9.59 Å². The highest BCUT2D eigenvalue weighted by atomic mass is 16.7.